The molecule has 1 saturated heterocycles. The third-order valence-corrected chi connectivity index (χ3v) is 3.88. The van der Waals surface area contributed by atoms with Crippen molar-refractivity contribution in [3.63, 3.8) is 0 Å². The Balaban J connectivity index is 1.74. The van der Waals surface area contributed by atoms with Crippen LogP contribution in [0.3, 0.4) is 0 Å². The minimum atomic E-state index is -0.110. The molecule has 100 valence electrons. The first kappa shape index (κ1) is 12.2. The van der Waals surface area contributed by atoms with Crippen molar-refractivity contribution in [1.82, 2.24) is 15.0 Å². The summed E-state index contributed by atoms with van der Waals surface area (Å²) >= 11 is 1.50. The zero-order valence-electron chi connectivity index (χ0n) is 10.5. The standard InChI is InChI=1S/C12H14N4O2S/c1-8-13-11(18-15-8)9-4-2-6-16(9)12(17)14-10-5-3-7-19-10/h3,5,7,9H,2,4,6H2,1H3,(H,14,17). The molecule has 7 heteroatoms. The van der Waals surface area contributed by atoms with Crippen molar-refractivity contribution in [2.45, 2.75) is 25.8 Å². The zero-order valence-corrected chi connectivity index (χ0v) is 11.3. The van der Waals surface area contributed by atoms with E-state index < -0.39 is 0 Å². The van der Waals surface area contributed by atoms with Gasteiger partial charge in [0, 0.05) is 6.54 Å². The Bertz CT molecular complexity index is 566. The number of thiophene rings is 1. The molecule has 0 saturated carbocycles. The third kappa shape index (κ3) is 2.46. The molecule has 0 aromatic carbocycles. The van der Waals surface area contributed by atoms with Crippen molar-refractivity contribution in [2.75, 3.05) is 11.9 Å². The number of aryl methyl sites for hydroxylation is 1. The highest BCUT2D eigenvalue weighted by Crippen LogP contribution is 2.31. The summed E-state index contributed by atoms with van der Waals surface area (Å²) in [5, 5.41) is 9.45. The quantitative estimate of drug-likeness (QED) is 0.917. The highest BCUT2D eigenvalue weighted by Gasteiger charge is 2.33. The van der Waals surface area contributed by atoms with E-state index in [-0.39, 0.29) is 12.1 Å². The maximum absolute atomic E-state index is 12.2. The van der Waals surface area contributed by atoms with Gasteiger partial charge in [-0.05, 0) is 37.3 Å². The molecule has 19 heavy (non-hydrogen) atoms. The minimum Gasteiger partial charge on any atom is -0.337 e. The van der Waals surface area contributed by atoms with Gasteiger partial charge in [-0.15, -0.1) is 11.3 Å². The van der Waals surface area contributed by atoms with Crippen molar-refractivity contribution >= 4 is 22.4 Å². The Morgan fingerprint density at radius 3 is 3.21 bits per heavy atom. The molecule has 1 atom stereocenters. The number of aromatic nitrogens is 2. The fourth-order valence-corrected chi connectivity index (χ4v) is 2.85. The molecule has 0 spiro atoms. The van der Waals surface area contributed by atoms with Crippen LogP contribution < -0.4 is 5.32 Å². The SMILES string of the molecule is Cc1noc(C2CCCN2C(=O)Nc2cccs2)n1. The van der Waals surface area contributed by atoms with Crippen molar-refractivity contribution in [2.24, 2.45) is 0 Å². The molecule has 0 radical (unpaired) electrons. The van der Waals surface area contributed by atoms with E-state index in [1.54, 1.807) is 11.8 Å². The normalized spacial score (nSPS) is 18.8. The van der Waals surface area contributed by atoms with E-state index >= 15 is 0 Å². The minimum absolute atomic E-state index is 0.110. The van der Waals surface area contributed by atoms with Gasteiger partial charge in [-0.2, -0.15) is 4.98 Å². The molecule has 3 heterocycles. The molecule has 1 aliphatic rings. The lowest BCUT2D eigenvalue weighted by Gasteiger charge is -2.21. The fraction of sp³-hybridized carbons (Fsp3) is 0.417. The number of hydrogen-bond acceptors (Lipinski definition) is 5. The van der Waals surface area contributed by atoms with Gasteiger partial charge in [-0.3, -0.25) is 5.32 Å². The maximum atomic E-state index is 12.2. The molecular formula is C12H14N4O2S. The molecule has 0 bridgehead atoms. The van der Waals surface area contributed by atoms with Gasteiger partial charge >= 0.3 is 6.03 Å². The summed E-state index contributed by atoms with van der Waals surface area (Å²) in [6.45, 7) is 2.49. The van der Waals surface area contributed by atoms with Gasteiger partial charge in [0.25, 0.3) is 0 Å². The van der Waals surface area contributed by atoms with E-state index in [4.69, 9.17) is 4.52 Å². The van der Waals surface area contributed by atoms with E-state index in [0.717, 1.165) is 17.8 Å². The first-order valence-corrected chi connectivity index (χ1v) is 7.03. The van der Waals surface area contributed by atoms with Gasteiger partial charge in [0.2, 0.25) is 5.89 Å². The summed E-state index contributed by atoms with van der Waals surface area (Å²) in [4.78, 5) is 18.2. The summed E-state index contributed by atoms with van der Waals surface area (Å²) in [5.74, 6) is 1.12. The number of likely N-dealkylation sites (tertiary alicyclic amines) is 1. The van der Waals surface area contributed by atoms with E-state index in [2.05, 4.69) is 15.5 Å². The number of hydrogen-bond donors (Lipinski definition) is 1. The summed E-state index contributed by atoms with van der Waals surface area (Å²) in [7, 11) is 0. The number of anilines is 1. The predicted molar refractivity (Wildman–Crippen MR) is 71.1 cm³/mol. The number of amides is 2. The van der Waals surface area contributed by atoms with Crippen LogP contribution in [0.5, 0.6) is 0 Å². The summed E-state index contributed by atoms with van der Waals surface area (Å²) in [6.07, 6.45) is 1.81. The summed E-state index contributed by atoms with van der Waals surface area (Å²) in [5.41, 5.74) is 0. The van der Waals surface area contributed by atoms with E-state index in [9.17, 15) is 4.79 Å². The molecule has 2 aromatic rings. The summed E-state index contributed by atoms with van der Waals surface area (Å²) in [6, 6.07) is 3.56. The number of nitrogens with zero attached hydrogens (tertiary/aromatic N) is 3. The van der Waals surface area contributed by atoms with Crippen molar-refractivity contribution < 1.29 is 9.32 Å². The molecule has 1 aliphatic heterocycles. The number of nitrogens with one attached hydrogen (secondary N) is 1. The van der Waals surface area contributed by atoms with Crippen molar-refractivity contribution in [3.8, 4) is 0 Å². The second-order valence-electron chi connectivity index (χ2n) is 4.44. The lowest BCUT2D eigenvalue weighted by molar-refractivity contribution is 0.193. The van der Waals surface area contributed by atoms with Crippen LogP contribution >= 0.6 is 11.3 Å². The number of carbonyl (C=O) groups excluding carboxylic acids is 1. The molecule has 1 fully saturated rings. The third-order valence-electron chi connectivity index (χ3n) is 3.09. The smallest absolute Gasteiger partial charge is 0.323 e. The fourth-order valence-electron chi connectivity index (χ4n) is 2.24. The van der Waals surface area contributed by atoms with Gasteiger partial charge in [0.15, 0.2) is 5.82 Å². The lowest BCUT2D eigenvalue weighted by Crippen LogP contribution is -2.34. The Morgan fingerprint density at radius 2 is 2.53 bits per heavy atom. The van der Waals surface area contributed by atoms with Gasteiger partial charge < -0.3 is 9.42 Å². The molecule has 1 N–H and O–H groups in total. The van der Waals surface area contributed by atoms with Crippen LogP contribution in [-0.2, 0) is 0 Å². The van der Waals surface area contributed by atoms with Crippen LogP contribution in [0, 0.1) is 6.92 Å². The van der Waals surface area contributed by atoms with Crippen LogP contribution in [-0.4, -0.2) is 27.6 Å². The number of urea groups is 1. The molecule has 2 amide bonds. The Morgan fingerprint density at radius 1 is 1.63 bits per heavy atom. The van der Waals surface area contributed by atoms with Crippen molar-refractivity contribution in [1.29, 1.82) is 0 Å². The first-order chi connectivity index (χ1) is 9.24. The predicted octanol–water partition coefficient (Wildman–Crippen LogP) is 2.81. The summed E-state index contributed by atoms with van der Waals surface area (Å²) < 4.78 is 5.18. The highest BCUT2D eigenvalue weighted by atomic mass is 32.1. The zero-order chi connectivity index (χ0) is 13.2. The van der Waals surface area contributed by atoms with Gasteiger partial charge in [0.1, 0.15) is 6.04 Å². The van der Waals surface area contributed by atoms with Crippen LogP contribution in [0.1, 0.15) is 30.6 Å². The molecule has 6 nitrogen and oxygen atoms in total. The molecule has 0 aliphatic carbocycles. The van der Waals surface area contributed by atoms with Gasteiger partial charge in [0.05, 0.1) is 5.00 Å². The maximum Gasteiger partial charge on any atom is 0.323 e. The topological polar surface area (TPSA) is 71.3 Å². The van der Waals surface area contributed by atoms with E-state index in [0.29, 0.717) is 18.3 Å². The molecule has 2 aromatic heterocycles. The monoisotopic (exact) mass is 278 g/mol. The second kappa shape index (κ2) is 5.00. The average molecular weight is 278 g/mol. The molecule has 1 unspecified atom stereocenters. The molecular weight excluding hydrogens is 264 g/mol. The van der Waals surface area contributed by atoms with E-state index in [1.165, 1.54) is 11.3 Å². The van der Waals surface area contributed by atoms with Gasteiger partial charge in [-0.1, -0.05) is 5.16 Å². The Kier molecular flexibility index (Phi) is 3.20. The van der Waals surface area contributed by atoms with E-state index in [1.807, 2.05) is 17.5 Å². The average Bonchev–Trinajstić information content (AvgIpc) is 3.07. The largest absolute Gasteiger partial charge is 0.337 e. The second-order valence-corrected chi connectivity index (χ2v) is 5.39. The first-order valence-electron chi connectivity index (χ1n) is 6.15. The van der Waals surface area contributed by atoms with Gasteiger partial charge in [-0.25, -0.2) is 4.79 Å². The van der Waals surface area contributed by atoms with Crippen LogP contribution in [0.4, 0.5) is 9.80 Å². The molecule has 3 rings (SSSR count). The van der Waals surface area contributed by atoms with Crippen molar-refractivity contribution in [3.05, 3.63) is 29.2 Å². The Labute approximate surface area is 114 Å². The Hall–Kier alpha value is -1.89. The lowest BCUT2D eigenvalue weighted by atomic mass is 10.2. The van der Waals surface area contributed by atoms with Crippen LogP contribution in [0.2, 0.25) is 0 Å². The number of carbonyl (C=O) groups is 1. The van der Waals surface area contributed by atoms with Crippen LogP contribution in [0.25, 0.3) is 0 Å². The number of rotatable bonds is 2. The highest BCUT2D eigenvalue weighted by molar-refractivity contribution is 7.14. The van der Waals surface area contributed by atoms with Crippen LogP contribution in [0.15, 0.2) is 22.0 Å².